The van der Waals surface area contributed by atoms with E-state index in [4.69, 9.17) is 4.74 Å². The van der Waals surface area contributed by atoms with Crippen LogP contribution in [-0.2, 0) is 9.53 Å². The molecule has 10 heteroatoms. The molecule has 162 valence electrons. The molecule has 2 amide bonds. The van der Waals surface area contributed by atoms with Gasteiger partial charge in [0.25, 0.3) is 11.8 Å². The van der Waals surface area contributed by atoms with Crippen molar-refractivity contribution in [1.82, 2.24) is 5.01 Å². The van der Waals surface area contributed by atoms with Gasteiger partial charge in [-0.05, 0) is 37.3 Å². The largest absolute Gasteiger partial charge is 0.445 e. The van der Waals surface area contributed by atoms with Crippen LogP contribution >= 0.6 is 11.3 Å². The van der Waals surface area contributed by atoms with E-state index in [0.717, 1.165) is 16.9 Å². The van der Waals surface area contributed by atoms with E-state index in [9.17, 15) is 19.7 Å². The molecule has 0 fully saturated rings. The van der Waals surface area contributed by atoms with E-state index in [1.807, 2.05) is 19.1 Å². The molecule has 0 saturated heterocycles. The number of anilines is 1. The predicted molar refractivity (Wildman–Crippen MR) is 119 cm³/mol. The Morgan fingerprint density at radius 1 is 1.16 bits per heavy atom. The van der Waals surface area contributed by atoms with E-state index >= 15 is 0 Å². The summed E-state index contributed by atoms with van der Waals surface area (Å²) in [6.07, 6.45) is -0.815. The number of carbonyl (C=O) groups excluding carboxylic acids is 2. The van der Waals surface area contributed by atoms with Crippen LogP contribution in [0.15, 0.2) is 65.8 Å². The molecule has 0 saturated carbocycles. The molecule has 9 nitrogen and oxygen atoms in total. The summed E-state index contributed by atoms with van der Waals surface area (Å²) < 4.78 is 5.86. The number of rotatable bonds is 5. The van der Waals surface area contributed by atoms with Gasteiger partial charge in [-0.3, -0.25) is 19.7 Å². The topological polar surface area (TPSA) is 114 Å². The Bertz CT molecular complexity index is 1240. The molecule has 0 radical (unpaired) electrons. The lowest BCUT2D eigenvalue weighted by Crippen LogP contribution is -2.25. The second kappa shape index (κ2) is 8.60. The number of nitro groups is 1. The maximum atomic E-state index is 12.4. The number of hydrogen-bond donors (Lipinski definition) is 1. The van der Waals surface area contributed by atoms with Gasteiger partial charge < -0.3 is 10.1 Å². The zero-order valence-corrected chi connectivity index (χ0v) is 18.0. The van der Waals surface area contributed by atoms with Crippen molar-refractivity contribution in [3.05, 3.63) is 92.3 Å². The molecular weight excluding hydrogens is 432 g/mol. The van der Waals surface area contributed by atoms with E-state index in [2.05, 4.69) is 10.4 Å². The van der Waals surface area contributed by atoms with Gasteiger partial charge >= 0.3 is 5.00 Å². The van der Waals surface area contributed by atoms with Crippen LogP contribution in [0.1, 0.15) is 39.5 Å². The van der Waals surface area contributed by atoms with Gasteiger partial charge in [0.05, 0.1) is 9.80 Å². The van der Waals surface area contributed by atoms with E-state index in [1.165, 1.54) is 24.1 Å². The summed E-state index contributed by atoms with van der Waals surface area (Å²) in [5.41, 5.74) is 2.77. The number of ether oxygens (including phenoxy) is 1. The highest BCUT2D eigenvalue weighted by molar-refractivity contribution is 7.17. The number of carbonyl (C=O) groups is 2. The highest BCUT2D eigenvalue weighted by atomic mass is 32.1. The van der Waals surface area contributed by atoms with Crippen molar-refractivity contribution >= 4 is 39.7 Å². The maximum Gasteiger partial charge on any atom is 0.324 e. The average molecular weight is 450 g/mol. The van der Waals surface area contributed by atoms with Crippen LogP contribution in [-0.4, -0.2) is 27.6 Å². The molecule has 1 N–H and O–H groups in total. The quantitative estimate of drug-likeness (QED) is 0.455. The molecule has 0 spiro atoms. The highest BCUT2D eigenvalue weighted by Gasteiger charge is 2.34. The molecular formula is C22H18N4O5S. The summed E-state index contributed by atoms with van der Waals surface area (Å²) >= 11 is 0.917. The van der Waals surface area contributed by atoms with Gasteiger partial charge in [-0.2, -0.15) is 5.01 Å². The molecule has 0 bridgehead atoms. The Hall–Kier alpha value is -4.05. The van der Waals surface area contributed by atoms with Crippen molar-refractivity contribution in [2.45, 2.75) is 20.1 Å². The van der Waals surface area contributed by atoms with Gasteiger partial charge in [0.1, 0.15) is 0 Å². The fraction of sp³-hybridized carbons (Fsp3) is 0.136. The molecule has 1 aliphatic rings. The number of nitrogens with one attached hydrogen (secondary N) is 1. The SMILES string of the molecule is CC(=O)N1N=C(c2ccc([N+](=O)[O-])s2)O[C@H]1c1ccc(NC(=O)c2cccc(C)c2)cc1. The summed E-state index contributed by atoms with van der Waals surface area (Å²) in [4.78, 5) is 35.4. The highest BCUT2D eigenvalue weighted by Crippen LogP contribution is 2.34. The smallest absolute Gasteiger partial charge is 0.324 e. The first-order chi connectivity index (χ1) is 15.3. The zero-order valence-electron chi connectivity index (χ0n) is 17.1. The lowest BCUT2D eigenvalue weighted by Gasteiger charge is -2.19. The first kappa shape index (κ1) is 21.2. The molecule has 1 atom stereocenters. The van der Waals surface area contributed by atoms with Crippen molar-refractivity contribution < 1.29 is 19.2 Å². The fourth-order valence-corrected chi connectivity index (χ4v) is 3.89. The van der Waals surface area contributed by atoms with Crippen LogP contribution in [0, 0.1) is 17.0 Å². The lowest BCUT2D eigenvalue weighted by molar-refractivity contribution is -0.380. The molecule has 2 aromatic carbocycles. The Balaban J connectivity index is 1.50. The van der Waals surface area contributed by atoms with Gasteiger partial charge in [-0.15, -0.1) is 5.10 Å². The Kier molecular flexibility index (Phi) is 5.69. The van der Waals surface area contributed by atoms with Crippen LogP contribution in [0.4, 0.5) is 10.7 Å². The van der Waals surface area contributed by atoms with Gasteiger partial charge in [0.2, 0.25) is 12.1 Å². The third-order valence-corrected chi connectivity index (χ3v) is 5.71. The van der Waals surface area contributed by atoms with Crippen LogP contribution in [0.2, 0.25) is 0 Å². The summed E-state index contributed by atoms with van der Waals surface area (Å²) in [6, 6.07) is 17.0. The lowest BCUT2D eigenvalue weighted by atomic mass is 10.1. The number of thiophene rings is 1. The van der Waals surface area contributed by atoms with E-state index < -0.39 is 11.2 Å². The van der Waals surface area contributed by atoms with Crippen molar-refractivity contribution in [2.24, 2.45) is 5.10 Å². The summed E-state index contributed by atoms with van der Waals surface area (Å²) in [7, 11) is 0. The number of nitrogens with zero attached hydrogens (tertiary/aromatic N) is 3. The number of aryl methyl sites for hydroxylation is 1. The number of hydrogen-bond acceptors (Lipinski definition) is 7. The van der Waals surface area contributed by atoms with Crippen LogP contribution in [0.3, 0.4) is 0 Å². The predicted octanol–water partition coefficient (Wildman–Crippen LogP) is 4.46. The van der Waals surface area contributed by atoms with Gasteiger partial charge in [-0.1, -0.05) is 41.2 Å². The minimum atomic E-state index is -0.815. The Morgan fingerprint density at radius 2 is 1.91 bits per heavy atom. The Labute approximate surface area is 187 Å². The van der Waals surface area contributed by atoms with Crippen LogP contribution < -0.4 is 5.32 Å². The normalized spacial score (nSPS) is 15.1. The molecule has 3 aromatic rings. The molecule has 2 heterocycles. The molecule has 1 aliphatic heterocycles. The second-order valence-electron chi connectivity index (χ2n) is 7.08. The van der Waals surface area contributed by atoms with Crippen molar-refractivity contribution in [3.8, 4) is 0 Å². The number of benzene rings is 2. The third-order valence-electron chi connectivity index (χ3n) is 4.68. The van der Waals surface area contributed by atoms with Crippen molar-refractivity contribution in [3.63, 3.8) is 0 Å². The monoisotopic (exact) mass is 450 g/mol. The number of amides is 2. The van der Waals surface area contributed by atoms with Gasteiger partial charge in [0, 0.05) is 29.8 Å². The summed E-state index contributed by atoms with van der Waals surface area (Å²) in [5, 5.41) is 19.1. The number of hydrazone groups is 1. The minimum absolute atomic E-state index is 0.0437. The molecule has 32 heavy (non-hydrogen) atoms. The molecule has 0 aliphatic carbocycles. The second-order valence-corrected chi connectivity index (χ2v) is 8.14. The fourth-order valence-electron chi connectivity index (χ4n) is 3.14. The van der Waals surface area contributed by atoms with Crippen LogP contribution in [0.25, 0.3) is 0 Å². The zero-order chi connectivity index (χ0) is 22.8. The summed E-state index contributed by atoms with van der Waals surface area (Å²) in [6.45, 7) is 3.27. The van der Waals surface area contributed by atoms with E-state index in [1.54, 1.807) is 36.4 Å². The van der Waals surface area contributed by atoms with E-state index in [0.29, 0.717) is 21.7 Å². The minimum Gasteiger partial charge on any atom is -0.445 e. The summed E-state index contributed by atoms with van der Waals surface area (Å²) in [5.74, 6) is -0.429. The third kappa shape index (κ3) is 4.35. The molecule has 1 aromatic heterocycles. The maximum absolute atomic E-state index is 12.4. The first-order valence-corrected chi connectivity index (χ1v) is 10.4. The standard InChI is InChI=1S/C22H18N4O5S/c1-13-4-3-5-16(12-13)20(28)23-17-8-6-15(7-9-17)22-25(14(2)27)24-21(31-22)18-10-11-19(32-18)26(29)30/h3-12,22H,1-2H3,(H,23,28)/t22-/m0/s1. The van der Waals surface area contributed by atoms with Crippen molar-refractivity contribution in [1.29, 1.82) is 0 Å². The van der Waals surface area contributed by atoms with E-state index in [-0.39, 0.29) is 22.7 Å². The van der Waals surface area contributed by atoms with Crippen molar-refractivity contribution in [2.75, 3.05) is 5.32 Å². The first-order valence-electron chi connectivity index (χ1n) is 9.59. The van der Waals surface area contributed by atoms with Gasteiger partial charge in [-0.25, -0.2) is 0 Å². The van der Waals surface area contributed by atoms with Crippen LogP contribution in [0.5, 0.6) is 0 Å². The van der Waals surface area contributed by atoms with Gasteiger partial charge in [0.15, 0.2) is 0 Å². The molecule has 4 rings (SSSR count). The Morgan fingerprint density at radius 3 is 2.53 bits per heavy atom. The average Bonchev–Trinajstić information content (AvgIpc) is 3.42. The molecule has 0 unspecified atom stereocenters.